The number of nitrogens with one attached hydrogen (secondary N) is 1. The summed E-state index contributed by atoms with van der Waals surface area (Å²) in [7, 11) is -0.610. The van der Waals surface area contributed by atoms with Gasteiger partial charge in [0.1, 0.15) is 17.5 Å². The van der Waals surface area contributed by atoms with Crippen molar-refractivity contribution in [1.82, 2.24) is 8.87 Å². The number of benzene rings is 2. The lowest BCUT2D eigenvalue weighted by Gasteiger charge is -2.11. The maximum atomic E-state index is 12.3. The van der Waals surface area contributed by atoms with Crippen LogP contribution in [0.15, 0.2) is 59.6 Å². The van der Waals surface area contributed by atoms with Gasteiger partial charge in [0.15, 0.2) is 0 Å². The Kier molecular flexibility index (Phi) is 5.78. The third kappa shape index (κ3) is 3.99. The molecule has 0 bridgehead atoms. The van der Waals surface area contributed by atoms with Crippen LogP contribution in [0, 0.1) is 18.3 Å². The van der Waals surface area contributed by atoms with Crippen molar-refractivity contribution in [2.24, 2.45) is 0 Å². The van der Waals surface area contributed by atoms with Gasteiger partial charge < -0.3 is 9.88 Å². The minimum Gasteiger partial charge on any atom is -0.311 e. The van der Waals surface area contributed by atoms with E-state index in [2.05, 4.69) is 11.4 Å². The molecule has 8 heteroatoms. The molecule has 30 heavy (non-hydrogen) atoms. The van der Waals surface area contributed by atoms with Gasteiger partial charge in [0.05, 0.1) is 4.90 Å². The number of nitriles is 1. The summed E-state index contributed by atoms with van der Waals surface area (Å²) in [5.41, 5.74) is 3.44. The number of aromatic nitrogens is 1. The number of hydrogen-bond acceptors (Lipinski definition) is 4. The average molecular weight is 423 g/mol. The molecule has 2 aromatic carbocycles. The molecule has 1 heterocycles. The van der Waals surface area contributed by atoms with Crippen LogP contribution in [0.3, 0.4) is 0 Å². The number of sulfonamides is 1. The molecular formula is C22H22N4O3S. The lowest BCUT2D eigenvalue weighted by Crippen LogP contribution is -2.22. The van der Waals surface area contributed by atoms with E-state index in [0.717, 1.165) is 15.6 Å². The molecule has 3 rings (SSSR count). The standard InChI is InChI=1S/C22H22N4O3S/c1-15-5-9-18(10-6-15)26-14-21(20(13-23)22(26)24-16(2)27)17-7-11-19(12-8-17)30(28,29)25(3)4/h5-12,14H,1-4H3,(H,24,27). The van der Waals surface area contributed by atoms with E-state index in [-0.39, 0.29) is 10.8 Å². The van der Waals surface area contributed by atoms with Crippen LogP contribution < -0.4 is 5.32 Å². The summed E-state index contributed by atoms with van der Waals surface area (Å²) in [6, 6.07) is 16.2. The van der Waals surface area contributed by atoms with E-state index < -0.39 is 10.0 Å². The molecule has 0 fully saturated rings. The Balaban J connectivity index is 2.17. The van der Waals surface area contributed by atoms with Gasteiger partial charge in [-0.1, -0.05) is 29.8 Å². The van der Waals surface area contributed by atoms with Crippen molar-refractivity contribution in [1.29, 1.82) is 5.26 Å². The zero-order valence-electron chi connectivity index (χ0n) is 17.2. The third-order valence-electron chi connectivity index (χ3n) is 4.67. The van der Waals surface area contributed by atoms with E-state index in [0.29, 0.717) is 22.5 Å². The van der Waals surface area contributed by atoms with Gasteiger partial charge in [-0.3, -0.25) is 4.79 Å². The molecule has 1 amide bonds. The molecule has 154 valence electrons. The number of carbonyl (C=O) groups excluding carboxylic acids is 1. The molecule has 0 atom stereocenters. The lowest BCUT2D eigenvalue weighted by atomic mass is 10.1. The SMILES string of the molecule is CC(=O)Nc1c(C#N)c(-c2ccc(S(=O)(=O)N(C)C)cc2)cn1-c1ccc(C)cc1. The summed E-state index contributed by atoms with van der Waals surface area (Å²) in [6.45, 7) is 3.36. The van der Waals surface area contributed by atoms with Crippen molar-refractivity contribution >= 4 is 21.7 Å². The maximum Gasteiger partial charge on any atom is 0.242 e. The Morgan fingerprint density at radius 2 is 1.67 bits per heavy atom. The minimum absolute atomic E-state index is 0.162. The number of aryl methyl sites for hydroxylation is 1. The predicted octanol–water partition coefficient (Wildman–Crippen LogP) is 3.53. The van der Waals surface area contributed by atoms with Gasteiger partial charge in [-0.15, -0.1) is 0 Å². The molecule has 0 aliphatic rings. The number of anilines is 1. The van der Waals surface area contributed by atoms with E-state index in [1.165, 1.54) is 33.2 Å². The van der Waals surface area contributed by atoms with Crippen LogP contribution >= 0.6 is 0 Å². The summed E-state index contributed by atoms with van der Waals surface area (Å²) in [6.07, 6.45) is 1.77. The Labute approximate surface area is 176 Å². The second kappa shape index (κ2) is 8.14. The van der Waals surface area contributed by atoms with Crippen LogP contribution in [0.1, 0.15) is 18.1 Å². The molecule has 0 saturated heterocycles. The molecule has 3 aromatic rings. The van der Waals surface area contributed by atoms with Gasteiger partial charge in [0.2, 0.25) is 15.9 Å². The fraction of sp³-hybridized carbons (Fsp3) is 0.182. The van der Waals surface area contributed by atoms with E-state index in [1.807, 2.05) is 31.2 Å². The highest BCUT2D eigenvalue weighted by molar-refractivity contribution is 7.89. The van der Waals surface area contributed by atoms with Crippen LogP contribution in [0.25, 0.3) is 16.8 Å². The minimum atomic E-state index is -3.55. The van der Waals surface area contributed by atoms with Crippen molar-refractivity contribution < 1.29 is 13.2 Å². The Morgan fingerprint density at radius 3 is 2.17 bits per heavy atom. The summed E-state index contributed by atoms with van der Waals surface area (Å²) in [5.74, 6) is 0.0748. The van der Waals surface area contributed by atoms with Gasteiger partial charge in [0.25, 0.3) is 0 Å². The fourth-order valence-corrected chi connectivity index (χ4v) is 3.96. The Hall–Kier alpha value is -3.41. The average Bonchev–Trinajstić information content (AvgIpc) is 3.06. The molecule has 0 unspecified atom stereocenters. The topological polar surface area (TPSA) is 95.2 Å². The van der Waals surface area contributed by atoms with E-state index in [9.17, 15) is 18.5 Å². The first-order valence-electron chi connectivity index (χ1n) is 9.18. The van der Waals surface area contributed by atoms with Crippen LogP contribution in [-0.4, -0.2) is 37.3 Å². The summed E-state index contributed by atoms with van der Waals surface area (Å²) in [5, 5.41) is 12.6. The van der Waals surface area contributed by atoms with Gasteiger partial charge in [-0.05, 0) is 36.8 Å². The van der Waals surface area contributed by atoms with Crippen molar-refractivity contribution in [3.8, 4) is 22.9 Å². The first-order chi connectivity index (χ1) is 14.1. The zero-order valence-corrected chi connectivity index (χ0v) is 18.0. The van der Waals surface area contributed by atoms with Crippen molar-refractivity contribution in [2.45, 2.75) is 18.7 Å². The monoisotopic (exact) mass is 422 g/mol. The largest absolute Gasteiger partial charge is 0.311 e. The van der Waals surface area contributed by atoms with Gasteiger partial charge >= 0.3 is 0 Å². The number of carbonyl (C=O) groups is 1. The maximum absolute atomic E-state index is 12.3. The molecular weight excluding hydrogens is 400 g/mol. The van der Waals surface area contributed by atoms with Gasteiger partial charge in [-0.25, -0.2) is 12.7 Å². The predicted molar refractivity (Wildman–Crippen MR) is 116 cm³/mol. The zero-order chi connectivity index (χ0) is 22.1. The highest BCUT2D eigenvalue weighted by Gasteiger charge is 2.21. The first-order valence-corrected chi connectivity index (χ1v) is 10.6. The molecule has 7 nitrogen and oxygen atoms in total. The van der Waals surface area contributed by atoms with Crippen molar-refractivity contribution in [2.75, 3.05) is 19.4 Å². The Morgan fingerprint density at radius 1 is 1.07 bits per heavy atom. The number of amides is 1. The second-order valence-corrected chi connectivity index (χ2v) is 9.23. The molecule has 0 radical (unpaired) electrons. The van der Waals surface area contributed by atoms with Crippen LogP contribution in [0.2, 0.25) is 0 Å². The summed E-state index contributed by atoms with van der Waals surface area (Å²) >= 11 is 0. The van der Waals surface area contributed by atoms with Crippen molar-refractivity contribution in [3.63, 3.8) is 0 Å². The normalized spacial score (nSPS) is 11.3. The quantitative estimate of drug-likeness (QED) is 0.680. The van der Waals surface area contributed by atoms with E-state index in [4.69, 9.17) is 0 Å². The number of hydrogen-bond donors (Lipinski definition) is 1. The highest BCUT2D eigenvalue weighted by Crippen LogP contribution is 2.34. The lowest BCUT2D eigenvalue weighted by molar-refractivity contribution is -0.114. The van der Waals surface area contributed by atoms with E-state index in [1.54, 1.807) is 22.9 Å². The highest BCUT2D eigenvalue weighted by atomic mass is 32.2. The molecule has 1 N–H and O–H groups in total. The molecule has 0 spiro atoms. The molecule has 0 aliphatic carbocycles. The summed E-state index contributed by atoms with van der Waals surface area (Å²) in [4.78, 5) is 11.9. The smallest absolute Gasteiger partial charge is 0.242 e. The summed E-state index contributed by atoms with van der Waals surface area (Å²) < 4.78 is 27.5. The molecule has 1 aromatic heterocycles. The van der Waals surface area contributed by atoms with Crippen LogP contribution in [0.4, 0.5) is 5.82 Å². The van der Waals surface area contributed by atoms with Crippen LogP contribution in [0.5, 0.6) is 0 Å². The second-order valence-electron chi connectivity index (χ2n) is 7.08. The number of rotatable bonds is 5. The van der Waals surface area contributed by atoms with Crippen molar-refractivity contribution in [3.05, 3.63) is 65.9 Å². The van der Waals surface area contributed by atoms with Crippen LogP contribution in [-0.2, 0) is 14.8 Å². The van der Waals surface area contributed by atoms with E-state index >= 15 is 0 Å². The number of nitrogens with zero attached hydrogens (tertiary/aromatic N) is 3. The van der Waals surface area contributed by atoms with Gasteiger partial charge in [-0.2, -0.15) is 5.26 Å². The first kappa shape index (κ1) is 21.3. The third-order valence-corrected chi connectivity index (χ3v) is 6.50. The Bertz CT molecular complexity index is 1230. The van der Waals surface area contributed by atoms with Gasteiger partial charge in [0, 0.05) is 38.5 Å². The molecule has 0 aliphatic heterocycles. The molecule has 0 saturated carbocycles. The fourth-order valence-electron chi connectivity index (χ4n) is 3.05.